The summed E-state index contributed by atoms with van der Waals surface area (Å²) in [5, 5.41) is 8.51. The number of carbonyl (C=O) groups is 4. The summed E-state index contributed by atoms with van der Waals surface area (Å²) in [5.41, 5.74) is 0. The fourth-order valence-corrected chi connectivity index (χ4v) is 4.44. The predicted molar refractivity (Wildman–Crippen MR) is 178 cm³/mol. The molecule has 0 saturated heterocycles. The Morgan fingerprint density at radius 3 is 0.955 bits per heavy atom. The number of rotatable bonds is 31. The maximum absolute atomic E-state index is 11.5. The Bertz CT molecular complexity index is 641. The lowest BCUT2D eigenvalue weighted by Crippen LogP contribution is -2.07. The number of esters is 3. The lowest BCUT2D eigenvalue weighted by Gasteiger charge is -2.05. The van der Waals surface area contributed by atoms with Crippen molar-refractivity contribution in [2.45, 2.75) is 188 Å². The van der Waals surface area contributed by atoms with Gasteiger partial charge in [-0.1, -0.05) is 117 Å². The summed E-state index contributed by atoms with van der Waals surface area (Å²) in [5.74, 6) is -1.32. The third kappa shape index (κ3) is 39.9. The van der Waals surface area contributed by atoms with Crippen LogP contribution in [-0.4, -0.2) is 48.8 Å². The molecule has 8 nitrogen and oxygen atoms in total. The molecule has 0 aliphatic rings. The topological polar surface area (TPSA) is 116 Å². The minimum Gasteiger partial charge on any atom is -0.481 e. The Hall–Kier alpha value is -2.12. The van der Waals surface area contributed by atoms with Gasteiger partial charge < -0.3 is 19.3 Å². The monoisotopic (exact) mass is 628 g/mol. The molecule has 0 heterocycles. The van der Waals surface area contributed by atoms with Crippen LogP contribution in [0.4, 0.5) is 0 Å². The van der Waals surface area contributed by atoms with E-state index in [1.807, 2.05) is 0 Å². The number of hydrogen-bond acceptors (Lipinski definition) is 7. The fourth-order valence-electron chi connectivity index (χ4n) is 4.44. The maximum Gasteiger partial charge on any atom is 0.305 e. The summed E-state index contributed by atoms with van der Waals surface area (Å²) in [4.78, 5) is 44.3. The molecule has 0 fully saturated rings. The second-order valence-electron chi connectivity index (χ2n) is 11.8. The van der Waals surface area contributed by atoms with Gasteiger partial charge in [-0.15, -0.1) is 0 Å². The van der Waals surface area contributed by atoms with Crippen molar-refractivity contribution < 1.29 is 38.5 Å². The van der Waals surface area contributed by atoms with E-state index in [1.165, 1.54) is 77.0 Å². The molecule has 0 aromatic rings. The van der Waals surface area contributed by atoms with Crippen LogP contribution in [0.25, 0.3) is 0 Å². The largest absolute Gasteiger partial charge is 0.481 e. The molecule has 0 rings (SSSR count). The number of carbonyl (C=O) groups excluding carboxylic acids is 3. The highest BCUT2D eigenvalue weighted by molar-refractivity contribution is 5.70. The highest BCUT2D eigenvalue weighted by Crippen LogP contribution is 2.13. The van der Waals surface area contributed by atoms with Gasteiger partial charge in [0.05, 0.1) is 19.8 Å². The number of hydrogen-bond donors (Lipinski definition) is 1. The van der Waals surface area contributed by atoms with Crippen LogP contribution in [0, 0.1) is 0 Å². The van der Waals surface area contributed by atoms with Gasteiger partial charge in [-0.25, -0.2) is 0 Å². The molecule has 260 valence electrons. The first-order valence-corrected chi connectivity index (χ1v) is 18.1. The standard InChI is InChI=1S/C22H42O4.C14H26O4/c1-2-3-4-5-6-7-8-9-10-11-12-13-14-17-20-26-22(25)19-16-15-18-21(23)24;1-3-5-11-17-13(15)9-7-8-10-14(16)18-12-6-4-2/h2-20H2,1H3,(H,23,24);3-12H2,1-2H3. The van der Waals surface area contributed by atoms with E-state index >= 15 is 0 Å². The molecule has 0 spiro atoms. The van der Waals surface area contributed by atoms with Crippen LogP contribution in [0.3, 0.4) is 0 Å². The molecular formula is C36H68O8. The van der Waals surface area contributed by atoms with Gasteiger partial charge in [0.2, 0.25) is 0 Å². The van der Waals surface area contributed by atoms with Crippen LogP contribution in [-0.2, 0) is 33.4 Å². The molecule has 0 atom stereocenters. The highest BCUT2D eigenvalue weighted by Gasteiger charge is 2.06. The number of aliphatic carboxylic acids is 1. The zero-order valence-corrected chi connectivity index (χ0v) is 28.8. The van der Waals surface area contributed by atoms with Gasteiger partial charge in [-0.05, 0) is 44.9 Å². The smallest absolute Gasteiger partial charge is 0.305 e. The van der Waals surface area contributed by atoms with Crippen molar-refractivity contribution in [1.82, 2.24) is 0 Å². The summed E-state index contributed by atoms with van der Waals surface area (Å²) in [6, 6.07) is 0. The lowest BCUT2D eigenvalue weighted by atomic mass is 10.0. The van der Waals surface area contributed by atoms with Gasteiger partial charge in [0, 0.05) is 25.7 Å². The van der Waals surface area contributed by atoms with E-state index in [2.05, 4.69) is 20.8 Å². The molecule has 44 heavy (non-hydrogen) atoms. The molecular weight excluding hydrogens is 560 g/mol. The summed E-state index contributed by atoms with van der Waals surface area (Å²) in [6.45, 7) is 7.90. The average molecular weight is 629 g/mol. The Morgan fingerprint density at radius 1 is 0.364 bits per heavy atom. The molecule has 0 unspecified atom stereocenters. The van der Waals surface area contributed by atoms with Gasteiger partial charge in [-0.2, -0.15) is 0 Å². The molecule has 0 aromatic carbocycles. The first kappa shape index (κ1) is 44.0. The minimum absolute atomic E-state index is 0.131. The lowest BCUT2D eigenvalue weighted by molar-refractivity contribution is -0.146. The predicted octanol–water partition coefficient (Wildman–Crippen LogP) is 9.89. The van der Waals surface area contributed by atoms with Crippen LogP contribution < -0.4 is 0 Å². The summed E-state index contributed by atoms with van der Waals surface area (Å²) in [7, 11) is 0. The van der Waals surface area contributed by atoms with E-state index in [0.29, 0.717) is 64.8 Å². The minimum atomic E-state index is -0.805. The number of unbranched alkanes of at least 4 members (excludes halogenated alkanes) is 17. The molecule has 8 heteroatoms. The van der Waals surface area contributed by atoms with Crippen molar-refractivity contribution in [2.75, 3.05) is 19.8 Å². The van der Waals surface area contributed by atoms with Crippen molar-refractivity contribution in [3.8, 4) is 0 Å². The fraction of sp³-hybridized carbons (Fsp3) is 0.889. The third-order valence-corrected chi connectivity index (χ3v) is 7.32. The SMILES string of the molecule is CCCCCCCCCCCCCCCCOC(=O)CCCCC(=O)O.CCCCOC(=O)CCCCC(=O)OCCCC. The molecule has 0 bridgehead atoms. The molecule has 0 aliphatic heterocycles. The number of carboxylic acids is 1. The molecule has 0 amide bonds. The summed E-state index contributed by atoms with van der Waals surface area (Å²) >= 11 is 0. The summed E-state index contributed by atoms with van der Waals surface area (Å²) < 4.78 is 15.2. The Morgan fingerprint density at radius 2 is 0.636 bits per heavy atom. The first-order valence-electron chi connectivity index (χ1n) is 18.1. The van der Waals surface area contributed by atoms with Crippen LogP contribution in [0.1, 0.15) is 188 Å². The third-order valence-electron chi connectivity index (χ3n) is 7.32. The van der Waals surface area contributed by atoms with Crippen LogP contribution in [0.5, 0.6) is 0 Å². The molecule has 1 N–H and O–H groups in total. The van der Waals surface area contributed by atoms with E-state index in [-0.39, 0.29) is 24.3 Å². The molecule has 0 aliphatic carbocycles. The summed E-state index contributed by atoms with van der Waals surface area (Å²) in [6.07, 6.45) is 26.1. The van der Waals surface area contributed by atoms with E-state index < -0.39 is 5.97 Å². The highest BCUT2D eigenvalue weighted by atomic mass is 16.5. The van der Waals surface area contributed by atoms with Gasteiger partial charge in [0.25, 0.3) is 0 Å². The van der Waals surface area contributed by atoms with Crippen LogP contribution in [0.2, 0.25) is 0 Å². The molecule has 0 aromatic heterocycles. The van der Waals surface area contributed by atoms with E-state index in [4.69, 9.17) is 19.3 Å². The van der Waals surface area contributed by atoms with Gasteiger partial charge >= 0.3 is 23.9 Å². The second-order valence-corrected chi connectivity index (χ2v) is 11.8. The Balaban J connectivity index is 0. The second kappa shape index (κ2) is 37.1. The quantitative estimate of drug-likeness (QED) is 0.0458. The van der Waals surface area contributed by atoms with E-state index in [9.17, 15) is 19.2 Å². The number of carboxylic acid groups (broad SMARTS) is 1. The van der Waals surface area contributed by atoms with E-state index in [0.717, 1.165) is 38.5 Å². The van der Waals surface area contributed by atoms with Crippen molar-refractivity contribution in [1.29, 1.82) is 0 Å². The van der Waals surface area contributed by atoms with Gasteiger partial charge in [0.15, 0.2) is 0 Å². The van der Waals surface area contributed by atoms with E-state index in [1.54, 1.807) is 0 Å². The Kier molecular flexibility index (Phi) is 37.1. The zero-order valence-electron chi connectivity index (χ0n) is 28.8. The van der Waals surface area contributed by atoms with Crippen molar-refractivity contribution >= 4 is 23.9 Å². The number of ether oxygens (including phenoxy) is 3. The molecule has 0 radical (unpaired) electrons. The van der Waals surface area contributed by atoms with Crippen molar-refractivity contribution in [2.24, 2.45) is 0 Å². The Labute approximate surface area is 269 Å². The van der Waals surface area contributed by atoms with Crippen molar-refractivity contribution in [3.63, 3.8) is 0 Å². The maximum atomic E-state index is 11.5. The van der Waals surface area contributed by atoms with Gasteiger partial charge in [-0.3, -0.25) is 19.2 Å². The van der Waals surface area contributed by atoms with Crippen LogP contribution in [0.15, 0.2) is 0 Å². The zero-order chi connectivity index (χ0) is 32.9. The van der Waals surface area contributed by atoms with Gasteiger partial charge in [0.1, 0.15) is 0 Å². The average Bonchev–Trinajstić information content (AvgIpc) is 3.00. The normalized spacial score (nSPS) is 10.5. The van der Waals surface area contributed by atoms with Crippen LogP contribution >= 0.6 is 0 Å². The molecule has 0 saturated carbocycles. The van der Waals surface area contributed by atoms with Crippen molar-refractivity contribution in [3.05, 3.63) is 0 Å². The first-order chi connectivity index (χ1) is 21.4.